The summed E-state index contributed by atoms with van der Waals surface area (Å²) >= 11 is 0. The monoisotopic (exact) mass is 189 g/mol. The van der Waals surface area contributed by atoms with Gasteiger partial charge in [0.15, 0.2) is 0 Å². The quantitative estimate of drug-likeness (QED) is 0.650. The molecule has 0 radical (unpaired) electrons. The molecule has 0 saturated carbocycles. The molecule has 1 saturated heterocycles. The van der Waals surface area contributed by atoms with Gasteiger partial charge in [-0.25, -0.2) is 0 Å². The molecule has 78 valence electrons. The molecule has 1 unspecified atom stereocenters. The van der Waals surface area contributed by atoms with Gasteiger partial charge in [-0.1, -0.05) is 0 Å². The summed E-state index contributed by atoms with van der Waals surface area (Å²) in [6.45, 7) is 3.34. The largest absolute Gasteiger partial charge is 0.388 e. The van der Waals surface area contributed by atoms with Crippen molar-refractivity contribution in [1.82, 2.24) is 0 Å². The van der Waals surface area contributed by atoms with Crippen LogP contribution in [0.1, 0.15) is 19.8 Å². The van der Waals surface area contributed by atoms with Gasteiger partial charge < -0.3 is 20.3 Å². The molecule has 0 aliphatic carbocycles. The summed E-state index contributed by atoms with van der Waals surface area (Å²) in [6, 6.07) is 0. The van der Waals surface area contributed by atoms with Crippen molar-refractivity contribution >= 4 is 0 Å². The third-order valence-corrected chi connectivity index (χ3v) is 2.83. The van der Waals surface area contributed by atoms with Crippen LogP contribution in [0.5, 0.6) is 0 Å². The van der Waals surface area contributed by atoms with E-state index in [1.54, 1.807) is 7.11 Å². The van der Waals surface area contributed by atoms with Gasteiger partial charge in [0.05, 0.1) is 17.7 Å². The van der Waals surface area contributed by atoms with Gasteiger partial charge in [0.1, 0.15) is 0 Å². The highest BCUT2D eigenvalue weighted by molar-refractivity contribution is 5.01. The van der Waals surface area contributed by atoms with E-state index in [1.807, 2.05) is 6.92 Å². The van der Waals surface area contributed by atoms with E-state index in [0.29, 0.717) is 32.7 Å². The number of aliphatic hydroxyl groups is 1. The summed E-state index contributed by atoms with van der Waals surface area (Å²) in [6.07, 6.45) is 1.17. The molecular weight excluding hydrogens is 170 g/mol. The Morgan fingerprint density at radius 2 is 2.08 bits per heavy atom. The van der Waals surface area contributed by atoms with Crippen LogP contribution in [0.3, 0.4) is 0 Å². The van der Waals surface area contributed by atoms with Crippen LogP contribution in [0.2, 0.25) is 0 Å². The lowest BCUT2D eigenvalue weighted by molar-refractivity contribution is -0.119. The second-order valence-corrected chi connectivity index (χ2v) is 3.99. The minimum atomic E-state index is -0.846. The first-order valence-electron chi connectivity index (χ1n) is 4.60. The zero-order valence-electron chi connectivity index (χ0n) is 8.38. The van der Waals surface area contributed by atoms with Crippen molar-refractivity contribution in [2.45, 2.75) is 30.9 Å². The molecule has 1 aliphatic rings. The molecule has 0 spiro atoms. The topological polar surface area (TPSA) is 64.7 Å². The van der Waals surface area contributed by atoms with Crippen molar-refractivity contribution in [2.75, 3.05) is 26.9 Å². The van der Waals surface area contributed by atoms with Crippen LogP contribution in [0.4, 0.5) is 0 Å². The van der Waals surface area contributed by atoms with Gasteiger partial charge in [0.25, 0.3) is 0 Å². The highest BCUT2D eigenvalue weighted by Gasteiger charge is 2.45. The normalized spacial score (nSPS) is 26.8. The fourth-order valence-corrected chi connectivity index (χ4v) is 1.71. The fraction of sp³-hybridized carbons (Fsp3) is 1.00. The predicted octanol–water partition coefficient (Wildman–Crippen LogP) is -0.108. The van der Waals surface area contributed by atoms with E-state index < -0.39 is 11.1 Å². The second kappa shape index (κ2) is 3.92. The van der Waals surface area contributed by atoms with Gasteiger partial charge in [-0.15, -0.1) is 0 Å². The Bertz CT molecular complexity index is 164. The van der Waals surface area contributed by atoms with E-state index in [1.165, 1.54) is 0 Å². The first kappa shape index (κ1) is 10.9. The van der Waals surface area contributed by atoms with Crippen LogP contribution in [-0.4, -0.2) is 43.2 Å². The summed E-state index contributed by atoms with van der Waals surface area (Å²) in [5.74, 6) is 0. The predicted molar refractivity (Wildman–Crippen MR) is 49.5 cm³/mol. The third kappa shape index (κ3) is 2.20. The minimum absolute atomic E-state index is 0.365. The molecule has 13 heavy (non-hydrogen) atoms. The lowest BCUT2D eigenvalue weighted by atomic mass is 9.77. The number of hydrogen-bond donors (Lipinski definition) is 2. The maximum Gasteiger partial charge on any atom is 0.0889 e. The van der Waals surface area contributed by atoms with Crippen molar-refractivity contribution < 1.29 is 14.6 Å². The van der Waals surface area contributed by atoms with E-state index in [9.17, 15) is 5.11 Å². The van der Waals surface area contributed by atoms with Crippen molar-refractivity contribution in [3.63, 3.8) is 0 Å². The van der Waals surface area contributed by atoms with Crippen LogP contribution in [0, 0.1) is 0 Å². The van der Waals surface area contributed by atoms with Crippen molar-refractivity contribution in [2.24, 2.45) is 5.73 Å². The highest BCUT2D eigenvalue weighted by Crippen LogP contribution is 2.30. The summed E-state index contributed by atoms with van der Waals surface area (Å²) in [5.41, 5.74) is 4.47. The van der Waals surface area contributed by atoms with Gasteiger partial charge >= 0.3 is 0 Å². The fourth-order valence-electron chi connectivity index (χ4n) is 1.71. The Hall–Kier alpha value is -0.160. The summed E-state index contributed by atoms with van der Waals surface area (Å²) in [7, 11) is 1.59. The molecule has 0 aromatic heterocycles. The summed E-state index contributed by atoms with van der Waals surface area (Å²) in [4.78, 5) is 0. The molecule has 0 aromatic carbocycles. The average molecular weight is 189 g/mol. The standard InChI is InChI=1S/C9H19NO3/c1-8(10,7-12-2)9(11)3-5-13-6-4-9/h11H,3-7,10H2,1-2H3. The van der Waals surface area contributed by atoms with Crippen molar-refractivity contribution in [3.05, 3.63) is 0 Å². The molecule has 1 rings (SSSR count). The second-order valence-electron chi connectivity index (χ2n) is 3.99. The Balaban J connectivity index is 2.64. The first-order valence-corrected chi connectivity index (χ1v) is 4.60. The van der Waals surface area contributed by atoms with E-state index >= 15 is 0 Å². The van der Waals surface area contributed by atoms with Crippen LogP contribution in [0.25, 0.3) is 0 Å². The molecule has 4 nitrogen and oxygen atoms in total. The van der Waals surface area contributed by atoms with Gasteiger partial charge in [-0.2, -0.15) is 0 Å². The van der Waals surface area contributed by atoms with Crippen molar-refractivity contribution in [3.8, 4) is 0 Å². The molecule has 0 amide bonds. The van der Waals surface area contributed by atoms with E-state index in [-0.39, 0.29) is 0 Å². The lowest BCUT2D eigenvalue weighted by Crippen LogP contribution is -2.63. The van der Waals surface area contributed by atoms with Gasteiger partial charge in [-0.05, 0) is 6.92 Å². The zero-order valence-corrected chi connectivity index (χ0v) is 8.38. The number of hydrogen-bond acceptors (Lipinski definition) is 4. The summed E-state index contributed by atoms with van der Waals surface area (Å²) < 4.78 is 10.2. The van der Waals surface area contributed by atoms with E-state index in [2.05, 4.69) is 0 Å². The zero-order chi connectivity index (χ0) is 9.95. The maximum absolute atomic E-state index is 10.2. The molecule has 1 aliphatic heterocycles. The number of rotatable bonds is 3. The van der Waals surface area contributed by atoms with Crippen LogP contribution in [-0.2, 0) is 9.47 Å². The van der Waals surface area contributed by atoms with Crippen LogP contribution in [0.15, 0.2) is 0 Å². The third-order valence-electron chi connectivity index (χ3n) is 2.83. The Morgan fingerprint density at radius 1 is 1.54 bits per heavy atom. The number of ether oxygens (including phenoxy) is 2. The molecular formula is C9H19NO3. The number of methoxy groups -OCH3 is 1. The molecule has 4 heteroatoms. The highest BCUT2D eigenvalue weighted by atomic mass is 16.5. The Labute approximate surface area is 79.0 Å². The first-order chi connectivity index (χ1) is 6.02. The van der Waals surface area contributed by atoms with Gasteiger partial charge in [-0.3, -0.25) is 0 Å². The lowest BCUT2D eigenvalue weighted by Gasteiger charge is -2.44. The van der Waals surface area contributed by atoms with Crippen molar-refractivity contribution in [1.29, 1.82) is 0 Å². The molecule has 3 N–H and O–H groups in total. The van der Waals surface area contributed by atoms with Gasteiger partial charge in [0.2, 0.25) is 0 Å². The molecule has 1 fully saturated rings. The molecule has 1 atom stereocenters. The van der Waals surface area contributed by atoms with E-state index in [4.69, 9.17) is 15.2 Å². The molecule has 1 heterocycles. The van der Waals surface area contributed by atoms with Crippen LogP contribution >= 0.6 is 0 Å². The number of nitrogens with two attached hydrogens (primary N) is 1. The minimum Gasteiger partial charge on any atom is -0.388 e. The Kier molecular flexibility index (Phi) is 3.29. The van der Waals surface area contributed by atoms with Gasteiger partial charge in [0, 0.05) is 33.2 Å². The smallest absolute Gasteiger partial charge is 0.0889 e. The van der Waals surface area contributed by atoms with E-state index in [0.717, 1.165) is 0 Å². The SMILES string of the molecule is COCC(C)(N)C1(O)CCOCC1. The Morgan fingerprint density at radius 3 is 2.54 bits per heavy atom. The van der Waals surface area contributed by atoms with Crippen LogP contribution < -0.4 is 5.73 Å². The molecule has 0 bridgehead atoms. The summed E-state index contributed by atoms with van der Waals surface area (Å²) in [5, 5.41) is 10.2. The molecule has 0 aromatic rings. The average Bonchev–Trinajstić information content (AvgIpc) is 2.05. The maximum atomic E-state index is 10.2.